The molecular weight excluding hydrogens is 418 g/mol. The van der Waals surface area contributed by atoms with Gasteiger partial charge in [-0.3, -0.25) is 0 Å². The van der Waals surface area contributed by atoms with E-state index in [-0.39, 0.29) is 0 Å². The van der Waals surface area contributed by atoms with Gasteiger partial charge in [0.05, 0.1) is 0 Å². The summed E-state index contributed by atoms with van der Waals surface area (Å²) in [5, 5.41) is 9.06. The average Bonchev–Trinajstić information content (AvgIpc) is 2.79. The van der Waals surface area contributed by atoms with Crippen molar-refractivity contribution in [1.82, 2.24) is 19.9 Å². The van der Waals surface area contributed by atoms with E-state index in [4.69, 9.17) is 4.98 Å². The van der Waals surface area contributed by atoms with Gasteiger partial charge in [-0.25, -0.2) is 15.0 Å². The van der Waals surface area contributed by atoms with Crippen LogP contribution in [0.15, 0.2) is 30.7 Å². The van der Waals surface area contributed by atoms with Crippen LogP contribution >= 0.6 is 11.8 Å². The van der Waals surface area contributed by atoms with Crippen LogP contribution in [0.25, 0.3) is 10.8 Å². The van der Waals surface area contributed by atoms with Crippen molar-refractivity contribution in [2.45, 2.75) is 39.5 Å². The largest absolute Gasteiger partial charge is 0.369 e. The van der Waals surface area contributed by atoms with Gasteiger partial charge >= 0.3 is 0 Å². The summed E-state index contributed by atoms with van der Waals surface area (Å²) in [5.41, 5.74) is 1.21. The van der Waals surface area contributed by atoms with Crippen molar-refractivity contribution in [3.8, 4) is 0 Å². The quantitative estimate of drug-likeness (QED) is 0.447. The standard InChI is InChI=1S/C24H33N7S/c1-16(2)19-13-28-23(25-9-11-32-4)20-14-27-22(12-18(19)20)29-21-7-8-26-24(30-21)31-10-5-6-17(3)15-31/h7-8,12-14,16-17H,5-6,9-11,15H2,1-4H3,(H,25,28)(H,26,27,29,30). The normalized spacial score (nSPS) is 16.5. The van der Waals surface area contributed by atoms with E-state index in [0.29, 0.717) is 11.8 Å². The first kappa shape index (κ1) is 22.6. The molecule has 4 heterocycles. The molecule has 1 aliphatic rings. The molecule has 170 valence electrons. The van der Waals surface area contributed by atoms with Gasteiger partial charge in [0.2, 0.25) is 5.95 Å². The fraction of sp³-hybridized carbons (Fsp3) is 0.500. The maximum atomic E-state index is 4.77. The fourth-order valence-electron chi connectivity index (χ4n) is 4.17. The summed E-state index contributed by atoms with van der Waals surface area (Å²) >= 11 is 1.82. The van der Waals surface area contributed by atoms with E-state index in [0.717, 1.165) is 54.2 Å². The molecule has 0 spiro atoms. The highest BCUT2D eigenvalue weighted by Crippen LogP contribution is 2.31. The number of nitrogens with one attached hydrogen (secondary N) is 2. The zero-order valence-corrected chi connectivity index (χ0v) is 20.2. The lowest BCUT2D eigenvalue weighted by Gasteiger charge is -2.30. The van der Waals surface area contributed by atoms with Gasteiger partial charge in [0.15, 0.2) is 0 Å². The van der Waals surface area contributed by atoms with Gasteiger partial charge in [0.25, 0.3) is 0 Å². The van der Waals surface area contributed by atoms with Crippen LogP contribution in [0.3, 0.4) is 0 Å². The van der Waals surface area contributed by atoms with Crippen molar-refractivity contribution in [1.29, 1.82) is 0 Å². The second-order valence-corrected chi connectivity index (χ2v) is 9.80. The summed E-state index contributed by atoms with van der Waals surface area (Å²) < 4.78 is 0. The fourth-order valence-corrected chi connectivity index (χ4v) is 4.48. The molecule has 8 heteroatoms. The zero-order valence-electron chi connectivity index (χ0n) is 19.4. The minimum absolute atomic E-state index is 0.368. The van der Waals surface area contributed by atoms with Crippen LogP contribution in [0.5, 0.6) is 0 Å². The number of hydrogen-bond donors (Lipinski definition) is 2. The molecule has 3 aromatic rings. The van der Waals surface area contributed by atoms with E-state index < -0.39 is 0 Å². The molecule has 1 aliphatic heterocycles. The van der Waals surface area contributed by atoms with E-state index in [1.807, 2.05) is 36.4 Å². The number of fused-ring (bicyclic) bond motifs is 1. The van der Waals surface area contributed by atoms with Crippen LogP contribution in [0.4, 0.5) is 23.4 Å². The summed E-state index contributed by atoms with van der Waals surface area (Å²) in [6, 6.07) is 4.00. The van der Waals surface area contributed by atoms with E-state index in [1.54, 1.807) is 0 Å². The Balaban J connectivity index is 1.61. The van der Waals surface area contributed by atoms with Crippen LogP contribution in [-0.2, 0) is 0 Å². The third kappa shape index (κ3) is 5.23. The van der Waals surface area contributed by atoms with Crippen molar-refractivity contribution >= 4 is 45.9 Å². The second-order valence-electron chi connectivity index (χ2n) is 8.81. The van der Waals surface area contributed by atoms with Gasteiger partial charge in [-0.15, -0.1) is 0 Å². The molecule has 0 bridgehead atoms. The molecule has 1 unspecified atom stereocenters. The predicted molar refractivity (Wildman–Crippen MR) is 136 cm³/mol. The summed E-state index contributed by atoms with van der Waals surface area (Å²) in [5.74, 6) is 5.29. The number of anilines is 4. The lowest BCUT2D eigenvalue weighted by atomic mass is 9.99. The van der Waals surface area contributed by atoms with Crippen LogP contribution in [0.1, 0.15) is 45.1 Å². The number of thioether (sulfide) groups is 1. The van der Waals surface area contributed by atoms with Crippen molar-refractivity contribution < 1.29 is 0 Å². The molecule has 1 atom stereocenters. The Morgan fingerprint density at radius 1 is 1.16 bits per heavy atom. The lowest BCUT2D eigenvalue weighted by Crippen LogP contribution is -2.35. The first-order valence-corrected chi connectivity index (χ1v) is 12.8. The third-order valence-electron chi connectivity index (χ3n) is 5.86. The number of hydrogen-bond acceptors (Lipinski definition) is 8. The van der Waals surface area contributed by atoms with Crippen LogP contribution in [0.2, 0.25) is 0 Å². The monoisotopic (exact) mass is 451 g/mol. The second kappa shape index (κ2) is 10.3. The smallest absolute Gasteiger partial charge is 0.227 e. The molecule has 32 heavy (non-hydrogen) atoms. The molecule has 0 saturated carbocycles. The molecule has 3 aromatic heterocycles. The minimum Gasteiger partial charge on any atom is -0.369 e. The van der Waals surface area contributed by atoms with E-state index in [1.165, 1.54) is 23.8 Å². The number of nitrogens with zero attached hydrogens (tertiary/aromatic N) is 5. The van der Waals surface area contributed by atoms with Gasteiger partial charge in [-0.2, -0.15) is 16.7 Å². The molecule has 7 nitrogen and oxygen atoms in total. The van der Waals surface area contributed by atoms with Gasteiger partial charge < -0.3 is 15.5 Å². The Bertz CT molecular complexity index is 1060. The van der Waals surface area contributed by atoms with Crippen LogP contribution < -0.4 is 15.5 Å². The number of aromatic nitrogens is 4. The maximum Gasteiger partial charge on any atom is 0.227 e. The predicted octanol–water partition coefficient (Wildman–Crippen LogP) is 5.30. The van der Waals surface area contributed by atoms with Crippen molar-refractivity contribution in [3.63, 3.8) is 0 Å². The molecule has 4 rings (SSSR count). The van der Waals surface area contributed by atoms with Gasteiger partial charge in [-0.05, 0) is 54.0 Å². The van der Waals surface area contributed by atoms with Crippen molar-refractivity contribution in [3.05, 3.63) is 36.3 Å². The highest BCUT2D eigenvalue weighted by molar-refractivity contribution is 7.98. The Kier molecular flexibility index (Phi) is 7.29. The number of pyridine rings is 2. The number of piperidine rings is 1. The molecule has 2 N–H and O–H groups in total. The minimum atomic E-state index is 0.368. The highest BCUT2D eigenvalue weighted by Gasteiger charge is 2.19. The first-order valence-electron chi connectivity index (χ1n) is 11.4. The Morgan fingerprint density at radius 2 is 2.03 bits per heavy atom. The average molecular weight is 452 g/mol. The summed E-state index contributed by atoms with van der Waals surface area (Å²) in [7, 11) is 0. The third-order valence-corrected chi connectivity index (χ3v) is 6.47. The topological polar surface area (TPSA) is 78.9 Å². The summed E-state index contributed by atoms with van der Waals surface area (Å²) in [6.45, 7) is 9.58. The highest BCUT2D eigenvalue weighted by atomic mass is 32.2. The van der Waals surface area contributed by atoms with Gasteiger partial charge in [0, 0.05) is 49.4 Å². The molecule has 1 saturated heterocycles. The zero-order chi connectivity index (χ0) is 22.5. The van der Waals surface area contributed by atoms with Crippen molar-refractivity contribution in [2.75, 3.05) is 47.2 Å². The van der Waals surface area contributed by atoms with Crippen molar-refractivity contribution in [2.24, 2.45) is 5.92 Å². The van der Waals surface area contributed by atoms with E-state index in [2.05, 4.69) is 63.6 Å². The maximum absolute atomic E-state index is 4.77. The molecule has 0 aromatic carbocycles. The Labute approximate surface area is 194 Å². The van der Waals surface area contributed by atoms with E-state index in [9.17, 15) is 0 Å². The number of rotatable bonds is 8. The molecular formula is C24H33N7S. The Hall–Kier alpha value is -2.61. The Morgan fingerprint density at radius 3 is 2.81 bits per heavy atom. The first-order chi connectivity index (χ1) is 15.5. The van der Waals surface area contributed by atoms with Gasteiger partial charge in [0.1, 0.15) is 17.5 Å². The molecule has 1 fully saturated rings. The van der Waals surface area contributed by atoms with Crippen LogP contribution in [0, 0.1) is 5.92 Å². The molecule has 0 amide bonds. The van der Waals surface area contributed by atoms with Gasteiger partial charge in [-0.1, -0.05) is 20.8 Å². The van der Waals surface area contributed by atoms with Crippen LogP contribution in [-0.4, -0.2) is 51.6 Å². The molecule has 0 radical (unpaired) electrons. The molecule has 0 aliphatic carbocycles. The van der Waals surface area contributed by atoms with E-state index >= 15 is 0 Å². The lowest BCUT2D eigenvalue weighted by molar-refractivity contribution is 0.442. The summed E-state index contributed by atoms with van der Waals surface area (Å²) in [6.07, 6.45) is 10.3. The SMILES string of the molecule is CSCCNc1ncc(C(C)C)c2cc(Nc3ccnc(N4CCCC(C)C4)n3)ncc12. The summed E-state index contributed by atoms with van der Waals surface area (Å²) in [4.78, 5) is 20.9.